The molecular formula is C23H19NO3S. The second-order valence-corrected chi connectivity index (χ2v) is 7.37. The van der Waals surface area contributed by atoms with Gasteiger partial charge in [0.05, 0.1) is 28.3 Å². The number of hydrogen-bond acceptors (Lipinski definition) is 4. The molecule has 4 aromatic rings. The molecule has 0 aliphatic carbocycles. The van der Waals surface area contributed by atoms with Crippen LogP contribution in [0.1, 0.15) is 43.8 Å². The number of benzene rings is 1. The zero-order chi connectivity index (χ0) is 19.5. The van der Waals surface area contributed by atoms with Crippen molar-refractivity contribution in [3.63, 3.8) is 0 Å². The molecule has 3 heterocycles. The molecule has 0 aliphatic heterocycles. The molecule has 0 fully saturated rings. The van der Waals surface area contributed by atoms with Gasteiger partial charge in [0.15, 0.2) is 0 Å². The number of ether oxygens (including phenoxy) is 1. The summed E-state index contributed by atoms with van der Waals surface area (Å²) in [6, 6.07) is 19.4. The topological polar surface area (TPSA) is 47.8 Å². The van der Waals surface area contributed by atoms with Crippen LogP contribution in [0.15, 0.2) is 72.2 Å². The van der Waals surface area contributed by atoms with Crippen molar-refractivity contribution in [3.05, 3.63) is 99.5 Å². The van der Waals surface area contributed by atoms with Gasteiger partial charge < -0.3 is 9.14 Å². The van der Waals surface area contributed by atoms with E-state index >= 15 is 0 Å². The summed E-state index contributed by atoms with van der Waals surface area (Å²) in [6.07, 6.45) is 2.61. The molecular weight excluding hydrogens is 370 g/mol. The molecule has 1 aromatic carbocycles. The molecule has 0 spiro atoms. The zero-order valence-electron chi connectivity index (χ0n) is 15.4. The smallest absolute Gasteiger partial charge is 0.340 e. The van der Waals surface area contributed by atoms with Crippen molar-refractivity contribution < 1.29 is 14.3 Å². The van der Waals surface area contributed by atoms with Gasteiger partial charge in [-0.05, 0) is 54.1 Å². The van der Waals surface area contributed by atoms with E-state index in [0.29, 0.717) is 21.7 Å². The number of hydrogen-bond donors (Lipinski definition) is 0. The quantitative estimate of drug-likeness (QED) is 0.344. The van der Waals surface area contributed by atoms with E-state index in [1.54, 1.807) is 23.5 Å². The van der Waals surface area contributed by atoms with Gasteiger partial charge in [0.2, 0.25) is 5.78 Å². The normalized spacial score (nSPS) is 10.9. The lowest BCUT2D eigenvalue weighted by molar-refractivity contribution is 0.0529. The first-order valence-electron chi connectivity index (χ1n) is 9.10. The highest BCUT2D eigenvalue weighted by atomic mass is 32.1. The molecule has 0 aliphatic rings. The lowest BCUT2D eigenvalue weighted by Gasteiger charge is -2.06. The fourth-order valence-corrected chi connectivity index (χ4v) is 3.94. The Morgan fingerprint density at radius 3 is 2.54 bits per heavy atom. The molecule has 0 N–H and O–H groups in total. The van der Waals surface area contributed by atoms with Crippen molar-refractivity contribution in [2.75, 3.05) is 6.61 Å². The first kappa shape index (κ1) is 18.2. The lowest BCUT2D eigenvalue weighted by atomic mass is 10.1. The predicted octanol–water partition coefficient (Wildman–Crippen LogP) is 5.00. The molecule has 28 heavy (non-hydrogen) atoms. The number of thiophene rings is 1. The monoisotopic (exact) mass is 389 g/mol. The van der Waals surface area contributed by atoms with E-state index in [4.69, 9.17) is 4.74 Å². The van der Waals surface area contributed by atoms with Gasteiger partial charge in [0, 0.05) is 6.20 Å². The second kappa shape index (κ2) is 7.82. The van der Waals surface area contributed by atoms with E-state index < -0.39 is 5.97 Å². The number of carbonyl (C=O) groups is 2. The van der Waals surface area contributed by atoms with Crippen LogP contribution in [0.2, 0.25) is 0 Å². The van der Waals surface area contributed by atoms with Crippen LogP contribution in [0, 0.1) is 0 Å². The van der Waals surface area contributed by atoms with Crippen molar-refractivity contribution in [1.29, 1.82) is 0 Å². The van der Waals surface area contributed by atoms with Crippen molar-refractivity contribution in [1.82, 2.24) is 4.40 Å². The lowest BCUT2D eigenvalue weighted by Crippen LogP contribution is -2.04. The fourth-order valence-electron chi connectivity index (χ4n) is 3.26. The number of nitrogens with zero attached hydrogens (tertiary/aromatic N) is 1. The number of carbonyl (C=O) groups excluding carboxylic acids is 2. The Bertz CT molecular complexity index is 1130. The van der Waals surface area contributed by atoms with E-state index in [0.717, 1.165) is 12.0 Å². The van der Waals surface area contributed by atoms with Gasteiger partial charge in [-0.15, -0.1) is 11.3 Å². The molecule has 140 valence electrons. The van der Waals surface area contributed by atoms with Crippen LogP contribution in [0.3, 0.4) is 0 Å². The Morgan fingerprint density at radius 2 is 1.82 bits per heavy atom. The maximum atomic E-state index is 12.9. The second-order valence-electron chi connectivity index (χ2n) is 6.42. The molecule has 4 nitrogen and oxygen atoms in total. The molecule has 5 heteroatoms. The van der Waals surface area contributed by atoms with Crippen molar-refractivity contribution in [2.45, 2.75) is 13.3 Å². The van der Waals surface area contributed by atoms with Crippen LogP contribution >= 0.6 is 11.3 Å². The van der Waals surface area contributed by atoms with E-state index in [1.807, 2.05) is 48.0 Å². The minimum atomic E-state index is -0.415. The standard InChI is InChI=1S/C23H19NO3S/c1-2-27-23(26)18-15-20(22(25)21-9-6-12-28-21)24-11-10-17(14-19(18)24)13-16-7-4-3-5-8-16/h3-12,14-15H,2,13H2,1H3. The number of esters is 1. The molecule has 0 saturated carbocycles. The largest absolute Gasteiger partial charge is 0.462 e. The minimum absolute atomic E-state index is 0.101. The molecule has 0 amide bonds. The van der Waals surface area contributed by atoms with Gasteiger partial charge in [-0.1, -0.05) is 36.4 Å². The van der Waals surface area contributed by atoms with E-state index in [-0.39, 0.29) is 12.4 Å². The molecule has 0 bridgehead atoms. The summed E-state index contributed by atoms with van der Waals surface area (Å²) in [5.41, 5.74) is 3.82. The Kier molecular flexibility index (Phi) is 5.08. The molecule has 3 aromatic heterocycles. The molecule has 0 radical (unpaired) electrons. The van der Waals surface area contributed by atoms with Gasteiger partial charge in [-0.25, -0.2) is 4.79 Å². The average molecular weight is 389 g/mol. The number of ketones is 1. The Labute approximate surface area is 167 Å². The summed E-state index contributed by atoms with van der Waals surface area (Å²) < 4.78 is 7.00. The van der Waals surface area contributed by atoms with Crippen LogP contribution in [0.5, 0.6) is 0 Å². The van der Waals surface area contributed by atoms with Gasteiger partial charge in [0.1, 0.15) is 0 Å². The summed E-state index contributed by atoms with van der Waals surface area (Å²) in [7, 11) is 0. The highest BCUT2D eigenvalue weighted by Crippen LogP contribution is 2.24. The number of fused-ring (bicyclic) bond motifs is 1. The summed E-state index contributed by atoms with van der Waals surface area (Å²) in [6.45, 7) is 2.06. The van der Waals surface area contributed by atoms with E-state index in [2.05, 4.69) is 12.1 Å². The van der Waals surface area contributed by atoms with E-state index in [1.165, 1.54) is 16.9 Å². The summed E-state index contributed by atoms with van der Waals surface area (Å²) >= 11 is 1.39. The van der Waals surface area contributed by atoms with E-state index in [9.17, 15) is 9.59 Å². The number of aromatic nitrogens is 1. The Morgan fingerprint density at radius 1 is 1.00 bits per heavy atom. The highest BCUT2D eigenvalue weighted by Gasteiger charge is 2.22. The van der Waals surface area contributed by atoms with Crippen LogP contribution in [0.25, 0.3) is 5.52 Å². The Balaban J connectivity index is 1.81. The van der Waals surface area contributed by atoms with Gasteiger partial charge in [-0.2, -0.15) is 0 Å². The van der Waals surface area contributed by atoms with Crippen LogP contribution in [-0.4, -0.2) is 22.8 Å². The molecule has 0 unspecified atom stereocenters. The van der Waals surface area contributed by atoms with Gasteiger partial charge >= 0.3 is 5.97 Å². The molecule has 0 atom stereocenters. The summed E-state index contributed by atoms with van der Waals surface area (Å²) in [5.74, 6) is -0.515. The van der Waals surface area contributed by atoms with Crippen LogP contribution in [0.4, 0.5) is 0 Å². The maximum absolute atomic E-state index is 12.9. The number of pyridine rings is 1. The maximum Gasteiger partial charge on any atom is 0.340 e. The zero-order valence-corrected chi connectivity index (χ0v) is 16.2. The van der Waals surface area contributed by atoms with Gasteiger partial charge in [0.25, 0.3) is 0 Å². The minimum Gasteiger partial charge on any atom is -0.462 e. The van der Waals surface area contributed by atoms with Crippen molar-refractivity contribution in [2.24, 2.45) is 0 Å². The number of rotatable bonds is 6. The third-order valence-corrected chi connectivity index (χ3v) is 5.43. The first-order chi connectivity index (χ1) is 13.7. The molecule has 4 rings (SSSR count). The van der Waals surface area contributed by atoms with Crippen molar-refractivity contribution >= 4 is 28.6 Å². The third-order valence-electron chi connectivity index (χ3n) is 4.56. The Hall–Kier alpha value is -3.18. The average Bonchev–Trinajstić information content (AvgIpc) is 3.37. The summed E-state index contributed by atoms with van der Waals surface area (Å²) in [5, 5.41) is 1.87. The summed E-state index contributed by atoms with van der Waals surface area (Å²) in [4.78, 5) is 26.1. The van der Waals surface area contributed by atoms with Crippen LogP contribution in [-0.2, 0) is 11.2 Å². The molecule has 0 saturated heterocycles. The predicted molar refractivity (Wildman–Crippen MR) is 110 cm³/mol. The van der Waals surface area contributed by atoms with Gasteiger partial charge in [-0.3, -0.25) is 4.79 Å². The third kappa shape index (κ3) is 3.49. The highest BCUT2D eigenvalue weighted by molar-refractivity contribution is 7.12. The fraction of sp³-hybridized carbons (Fsp3) is 0.130. The SMILES string of the molecule is CCOC(=O)c1cc(C(=O)c2cccs2)n2ccc(Cc3ccccc3)cc12. The van der Waals surface area contributed by atoms with Crippen LogP contribution < -0.4 is 0 Å². The van der Waals surface area contributed by atoms with Crippen molar-refractivity contribution in [3.8, 4) is 0 Å². The first-order valence-corrected chi connectivity index (χ1v) is 9.98.